The van der Waals surface area contributed by atoms with E-state index in [4.69, 9.17) is 5.11 Å². The van der Waals surface area contributed by atoms with Crippen molar-refractivity contribution < 1.29 is 26.7 Å². The summed E-state index contributed by atoms with van der Waals surface area (Å²) >= 11 is 0. The van der Waals surface area contributed by atoms with E-state index in [1.807, 2.05) is 0 Å². The summed E-state index contributed by atoms with van der Waals surface area (Å²) in [6, 6.07) is 0. The molecule has 0 aliphatic heterocycles. The predicted octanol–water partition coefficient (Wildman–Crippen LogP) is 0.322. The van der Waals surface area contributed by atoms with Crippen LogP contribution in [0.3, 0.4) is 0 Å². The van der Waals surface area contributed by atoms with Gasteiger partial charge in [0, 0.05) is 19.3 Å². The molecular formula is C8H16F3NO3S. The van der Waals surface area contributed by atoms with Crippen LogP contribution < -0.4 is 5.32 Å². The number of alkyl halides is 3. The third-order valence-electron chi connectivity index (χ3n) is 2.27. The molecule has 0 aromatic heterocycles. The molecule has 0 radical (unpaired) electrons. The normalized spacial score (nSPS) is 16.2. The molecule has 0 aliphatic rings. The van der Waals surface area contributed by atoms with Crippen molar-refractivity contribution in [1.29, 1.82) is 0 Å². The molecule has 0 bridgehead atoms. The van der Waals surface area contributed by atoms with Crippen LogP contribution in [0.15, 0.2) is 0 Å². The summed E-state index contributed by atoms with van der Waals surface area (Å²) in [5, 5.41) is 10.9. The van der Waals surface area contributed by atoms with E-state index in [0.717, 1.165) is 6.26 Å². The van der Waals surface area contributed by atoms with Crippen LogP contribution in [-0.4, -0.2) is 49.9 Å². The zero-order valence-corrected chi connectivity index (χ0v) is 10.1. The number of sulfone groups is 1. The van der Waals surface area contributed by atoms with Crippen LogP contribution in [0.25, 0.3) is 0 Å². The molecule has 0 rings (SSSR count). The maximum absolute atomic E-state index is 11.9. The number of hydrogen-bond donors (Lipinski definition) is 2. The van der Waals surface area contributed by atoms with Gasteiger partial charge in [-0.2, -0.15) is 13.2 Å². The van der Waals surface area contributed by atoms with Gasteiger partial charge in [0.25, 0.3) is 0 Å². The summed E-state index contributed by atoms with van der Waals surface area (Å²) in [4.78, 5) is 0. The summed E-state index contributed by atoms with van der Waals surface area (Å²) in [5.74, 6) is 0. The molecule has 0 aliphatic carbocycles. The van der Waals surface area contributed by atoms with Crippen molar-refractivity contribution in [2.75, 3.05) is 19.3 Å². The van der Waals surface area contributed by atoms with Crippen molar-refractivity contribution in [3.8, 4) is 0 Å². The van der Waals surface area contributed by atoms with Crippen LogP contribution in [0, 0.1) is 0 Å². The fourth-order valence-electron chi connectivity index (χ4n) is 0.757. The lowest BCUT2D eigenvalue weighted by Crippen LogP contribution is -2.46. The Balaban J connectivity index is 4.20. The number of nitrogens with one attached hydrogen (secondary N) is 1. The van der Waals surface area contributed by atoms with Crippen LogP contribution in [0.2, 0.25) is 0 Å². The molecular weight excluding hydrogens is 247 g/mol. The molecule has 0 fully saturated rings. The van der Waals surface area contributed by atoms with Gasteiger partial charge in [0.2, 0.25) is 0 Å². The Hall–Kier alpha value is -0.340. The fraction of sp³-hybridized carbons (Fsp3) is 1.00. The first-order valence-electron chi connectivity index (χ1n) is 4.53. The minimum Gasteiger partial charge on any atom is -0.382 e. The molecule has 4 nitrogen and oxygen atoms in total. The quantitative estimate of drug-likeness (QED) is 0.750. The molecule has 98 valence electrons. The molecule has 0 heterocycles. The second kappa shape index (κ2) is 4.89. The van der Waals surface area contributed by atoms with Crippen molar-refractivity contribution in [2.24, 2.45) is 0 Å². The van der Waals surface area contributed by atoms with Gasteiger partial charge in [0.15, 0.2) is 15.9 Å². The number of halogens is 3. The van der Waals surface area contributed by atoms with Crippen molar-refractivity contribution in [1.82, 2.24) is 5.32 Å². The SMILES string of the molecule is CC(C)(CNCC(O)C(F)(F)F)S(C)(=O)=O. The summed E-state index contributed by atoms with van der Waals surface area (Å²) < 4.78 is 56.9. The van der Waals surface area contributed by atoms with Gasteiger partial charge in [-0.05, 0) is 13.8 Å². The van der Waals surface area contributed by atoms with E-state index in [-0.39, 0.29) is 6.54 Å². The molecule has 1 unspecified atom stereocenters. The number of aliphatic hydroxyl groups excluding tert-OH is 1. The third kappa shape index (κ3) is 4.67. The van der Waals surface area contributed by atoms with Gasteiger partial charge >= 0.3 is 6.18 Å². The lowest BCUT2D eigenvalue weighted by atomic mass is 10.2. The van der Waals surface area contributed by atoms with Gasteiger partial charge in [0.1, 0.15) is 0 Å². The minimum atomic E-state index is -4.69. The first kappa shape index (κ1) is 15.7. The lowest BCUT2D eigenvalue weighted by molar-refractivity contribution is -0.201. The molecule has 0 saturated carbocycles. The van der Waals surface area contributed by atoms with Crippen LogP contribution in [0.4, 0.5) is 13.2 Å². The summed E-state index contributed by atoms with van der Waals surface area (Å²) in [6.07, 6.45) is -6.17. The minimum absolute atomic E-state index is 0.154. The molecule has 8 heteroatoms. The summed E-state index contributed by atoms with van der Waals surface area (Å²) in [6.45, 7) is 1.92. The smallest absolute Gasteiger partial charge is 0.382 e. The van der Waals surface area contributed by atoms with Gasteiger partial charge in [0.05, 0.1) is 4.75 Å². The standard InChI is InChI=1S/C8H16F3NO3S/c1-7(2,16(3,14)15)5-12-4-6(13)8(9,10)11/h6,12-13H,4-5H2,1-3H3. The zero-order chi connectivity index (χ0) is 13.2. The first-order valence-corrected chi connectivity index (χ1v) is 6.42. The molecule has 0 aromatic rings. The Morgan fingerprint density at radius 1 is 1.31 bits per heavy atom. The largest absolute Gasteiger partial charge is 0.415 e. The van der Waals surface area contributed by atoms with Crippen molar-refractivity contribution in [3.63, 3.8) is 0 Å². The van der Waals surface area contributed by atoms with Gasteiger partial charge in [-0.25, -0.2) is 8.42 Å². The highest BCUT2D eigenvalue weighted by Gasteiger charge is 2.38. The van der Waals surface area contributed by atoms with Crippen LogP contribution in [0.5, 0.6) is 0 Å². The Morgan fingerprint density at radius 2 is 1.75 bits per heavy atom. The van der Waals surface area contributed by atoms with E-state index in [2.05, 4.69) is 5.32 Å². The van der Waals surface area contributed by atoms with Gasteiger partial charge < -0.3 is 10.4 Å². The molecule has 16 heavy (non-hydrogen) atoms. The Labute approximate surface area is 92.8 Å². The molecule has 0 amide bonds. The Bertz CT molecular complexity index is 324. The maximum atomic E-state index is 11.9. The van der Waals surface area contributed by atoms with E-state index in [1.165, 1.54) is 13.8 Å². The van der Waals surface area contributed by atoms with Crippen molar-refractivity contribution in [2.45, 2.75) is 30.9 Å². The van der Waals surface area contributed by atoms with Crippen molar-refractivity contribution >= 4 is 9.84 Å². The molecule has 1 atom stereocenters. The van der Waals surface area contributed by atoms with Gasteiger partial charge in [-0.1, -0.05) is 0 Å². The molecule has 2 N–H and O–H groups in total. The monoisotopic (exact) mass is 263 g/mol. The van der Waals surface area contributed by atoms with Gasteiger partial charge in [-0.15, -0.1) is 0 Å². The fourth-order valence-corrected chi connectivity index (χ4v) is 1.12. The zero-order valence-electron chi connectivity index (χ0n) is 9.30. The molecule has 0 saturated heterocycles. The lowest BCUT2D eigenvalue weighted by Gasteiger charge is -2.24. The summed E-state index contributed by atoms with van der Waals surface area (Å²) in [7, 11) is -3.36. The number of aliphatic hydroxyl groups is 1. The highest BCUT2D eigenvalue weighted by Crippen LogP contribution is 2.19. The topological polar surface area (TPSA) is 66.4 Å². The predicted molar refractivity (Wildman–Crippen MR) is 53.9 cm³/mol. The van der Waals surface area contributed by atoms with E-state index in [9.17, 15) is 21.6 Å². The third-order valence-corrected chi connectivity index (χ3v) is 4.42. The van der Waals surface area contributed by atoms with Crippen LogP contribution >= 0.6 is 0 Å². The number of hydrogen-bond acceptors (Lipinski definition) is 4. The van der Waals surface area contributed by atoms with E-state index < -0.39 is 33.4 Å². The van der Waals surface area contributed by atoms with Crippen LogP contribution in [-0.2, 0) is 9.84 Å². The van der Waals surface area contributed by atoms with E-state index in [1.54, 1.807) is 0 Å². The average Bonchev–Trinajstić information content (AvgIpc) is 1.99. The highest BCUT2D eigenvalue weighted by molar-refractivity contribution is 7.92. The second-order valence-electron chi connectivity index (χ2n) is 4.22. The maximum Gasteiger partial charge on any atom is 0.415 e. The molecule has 0 aromatic carbocycles. The van der Waals surface area contributed by atoms with E-state index >= 15 is 0 Å². The van der Waals surface area contributed by atoms with E-state index in [0.29, 0.717) is 0 Å². The highest BCUT2D eigenvalue weighted by atomic mass is 32.2. The van der Waals surface area contributed by atoms with Crippen molar-refractivity contribution in [3.05, 3.63) is 0 Å². The number of rotatable bonds is 5. The first-order chi connectivity index (χ1) is 6.88. The molecule has 0 spiro atoms. The van der Waals surface area contributed by atoms with Crippen LogP contribution in [0.1, 0.15) is 13.8 Å². The second-order valence-corrected chi connectivity index (χ2v) is 6.87. The Morgan fingerprint density at radius 3 is 2.06 bits per heavy atom. The summed E-state index contributed by atoms with van der Waals surface area (Å²) in [5.41, 5.74) is 0. The van der Waals surface area contributed by atoms with Gasteiger partial charge in [-0.3, -0.25) is 0 Å². The Kier molecular flexibility index (Phi) is 4.78. The average molecular weight is 263 g/mol.